The van der Waals surface area contributed by atoms with Crippen molar-refractivity contribution in [2.75, 3.05) is 11.5 Å². The van der Waals surface area contributed by atoms with E-state index in [1.54, 1.807) is 4.90 Å². The first-order valence-electron chi connectivity index (χ1n) is 10.4. The Morgan fingerprint density at radius 3 is 2.55 bits per heavy atom. The third-order valence-corrected chi connectivity index (χ3v) is 6.90. The molecule has 0 aliphatic carbocycles. The van der Waals surface area contributed by atoms with Crippen LogP contribution in [0.2, 0.25) is 5.02 Å². The smallest absolute Gasteiger partial charge is 0.243 e. The van der Waals surface area contributed by atoms with E-state index in [9.17, 15) is 4.79 Å². The number of benzene rings is 2. The van der Waals surface area contributed by atoms with Crippen molar-refractivity contribution in [3.8, 4) is 5.75 Å². The largest absolute Gasteiger partial charge is 0.493 e. The molecule has 1 aromatic heterocycles. The number of hydrogen-bond donors (Lipinski definition) is 0. The molecule has 4 nitrogen and oxygen atoms in total. The molecule has 0 N–H and O–H groups in total. The Labute approximate surface area is 196 Å². The van der Waals surface area contributed by atoms with Crippen molar-refractivity contribution < 1.29 is 9.53 Å². The van der Waals surface area contributed by atoms with Gasteiger partial charge >= 0.3 is 0 Å². The molecule has 2 unspecified atom stereocenters. The average molecular weight is 500 g/mol. The predicted octanol–water partition coefficient (Wildman–Crippen LogP) is 6.08. The lowest BCUT2D eigenvalue weighted by atomic mass is 9.92. The first-order chi connectivity index (χ1) is 15.0. The number of halogens is 2. The second-order valence-corrected chi connectivity index (χ2v) is 9.06. The average Bonchev–Trinajstić information content (AvgIpc) is 2.80. The van der Waals surface area contributed by atoms with Crippen molar-refractivity contribution in [1.29, 1.82) is 0 Å². The molecule has 1 aliphatic heterocycles. The SMILES string of the molecule is CCc1ccc(CCOc2ccc(C3C(Br)C(=O)N3c3ccc(C)c(Cl)c3)cc2)nc1. The van der Waals surface area contributed by atoms with Crippen molar-refractivity contribution >= 4 is 39.1 Å². The molecule has 31 heavy (non-hydrogen) atoms. The number of carbonyl (C=O) groups excluding carboxylic acids is 1. The number of β-lactam (4-membered cyclic amide) rings is 1. The van der Waals surface area contributed by atoms with E-state index in [1.165, 1.54) is 5.56 Å². The number of aryl methyl sites for hydroxylation is 2. The summed E-state index contributed by atoms with van der Waals surface area (Å²) >= 11 is 9.81. The molecule has 3 aromatic rings. The lowest BCUT2D eigenvalue weighted by Crippen LogP contribution is -2.56. The summed E-state index contributed by atoms with van der Waals surface area (Å²) in [5.74, 6) is 0.836. The van der Waals surface area contributed by atoms with Crippen LogP contribution >= 0.6 is 27.5 Å². The molecule has 0 bridgehead atoms. The summed E-state index contributed by atoms with van der Waals surface area (Å²) in [5, 5.41) is 0.657. The van der Waals surface area contributed by atoms with Gasteiger partial charge in [0, 0.05) is 29.0 Å². The van der Waals surface area contributed by atoms with Crippen LogP contribution in [0.4, 0.5) is 5.69 Å². The van der Waals surface area contributed by atoms with Gasteiger partial charge < -0.3 is 9.64 Å². The quantitative estimate of drug-likeness (QED) is 0.292. The van der Waals surface area contributed by atoms with Crippen LogP contribution in [0.3, 0.4) is 0 Å². The maximum absolute atomic E-state index is 12.5. The summed E-state index contributed by atoms with van der Waals surface area (Å²) in [7, 11) is 0. The van der Waals surface area contributed by atoms with Crippen molar-refractivity contribution in [2.24, 2.45) is 0 Å². The van der Waals surface area contributed by atoms with Crippen LogP contribution in [0.5, 0.6) is 5.75 Å². The Balaban J connectivity index is 1.40. The van der Waals surface area contributed by atoms with E-state index in [0.717, 1.165) is 41.1 Å². The molecule has 1 amide bonds. The van der Waals surface area contributed by atoms with E-state index in [-0.39, 0.29) is 16.8 Å². The molecule has 4 rings (SSSR count). The fourth-order valence-electron chi connectivity index (χ4n) is 3.64. The van der Waals surface area contributed by atoms with Gasteiger partial charge in [-0.15, -0.1) is 0 Å². The highest BCUT2D eigenvalue weighted by Gasteiger charge is 2.47. The number of pyridine rings is 1. The van der Waals surface area contributed by atoms with E-state index in [2.05, 4.69) is 40.0 Å². The minimum atomic E-state index is -0.253. The highest BCUT2D eigenvalue weighted by molar-refractivity contribution is 9.10. The summed E-state index contributed by atoms with van der Waals surface area (Å²) in [4.78, 5) is 18.5. The van der Waals surface area contributed by atoms with Gasteiger partial charge in [-0.1, -0.05) is 58.7 Å². The van der Waals surface area contributed by atoms with Crippen LogP contribution in [0.25, 0.3) is 0 Å². The van der Waals surface area contributed by atoms with Crippen LogP contribution in [-0.2, 0) is 17.6 Å². The van der Waals surface area contributed by atoms with E-state index >= 15 is 0 Å². The Bertz CT molecular complexity index is 1070. The Morgan fingerprint density at radius 2 is 1.90 bits per heavy atom. The van der Waals surface area contributed by atoms with E-state index in [0.29, 0.717) is 11.6 Å². The lowest BCUT2D eigenvalue weighted by molar-refractivity contribution is -0.123. The molecule has 0 saturated carbocycles. The molecule has 1 aliphatic rings. The zero-order valence-electron chi connectivity index (χ0n) is 17.5. The summed E-state index contributed by atoms with van der Waals surface area (Å²) in [6.45, 7) is 4.63. The van der Waals surface area contributed by atoms with Gasteiger partial charge in [-0.2, -0.15) is 0 Å². The number of hydrogen-bond acceptors (Lipinski definition) is 3. The third-order valence-electron chi connectivity index (χ3n) is 5.61. The molecule has 0 spiro atoms. The number of ether oxygens (including phenoxy) is 1. The molecule has 160 valence electrons. The van der Waals surface area contributed by atoms with Crippen molar-refractivity contribution in [2.45, 2.75) is 37.6 Å². The van der Waals surface area contributed by atoms with Gasteiger partial charge in [-0.05, 0) is 60.4 Å². The van der Waals surface area contributed by atoms with Gasteiger partial charge in [0.2, 0.25) is 5.91 Å². The van der Waals surface area contributed by atoms with E-state index in [1.807, 2.05) is 55.6 Å². The highest BCUT2D eigenvalue weighted by atomic mass is 79.9. The number of nitrogens with zero attached hydrogens (tertiary/aromatic N) is 2. The van der Waals surface area contributed by atoms with Crippen LogP contribution < -0.4 is 9.64 Å². The van der Waals surface area contributed by atoms with Gasteiger partial charge in [0.1, 0.15) is 10.6 Å². The molecule has 2 heterocycles. The van der Waals surface area contributed by atoms with E-state index < -0.39 is 0 Å². The number of rotatable bonds is 7. The van der Waals surface area contributed by atoms with E-state index in [4.69, 9.17) is 16.3 Å². The molecule has 1 fully saturated rings. The Morgan fingerprint density at radius 1 is 1.13 bits per heavy atom. The minimum absolute atomic E-state index is 0.0341. The first-order valence-corrected chi connectivity index (χ1v) is 11.7. The van der Waals surface area contributed by atoms with Gasteiger partial charge in [-0.25, -0.2) is 0 Å². The number of aromatic nitrogens is 1. The third kappa shape index (κ3) is 4.63. The maximum atomic E-state index is 12.5. The van der Waals surface area contributed by atoms with Gasteiger partial charge in [0.05, 0.1) is 12.6 Å². The standard InChI is InChI=1S/C25H24BrClN2O2/c1-3-17-5-8-19(28-15-17)12-13-31-21-10-6-18(7-11-21)24-23(26)25(30)29(24)20-9-4-16(2)22(27)14-20/h4-11,14-15,23-24H,3,12-13H2,1-2H3. The number of anilines is 1. The second-order valence-electron chi connectivity index (χ2n) is 7.67. The molecule has 2 aromatic carbocycles. The van der Waals surface area contributed by atoms with Crippen LogP contribution in [0.15, 0.2) is 60.8 Å². The van der Waals surface area contributed by atoms with Crippen LogP contribution in [-0.4, -0.2) is 22.3 Å². The second kappa shape index (κ2) is 9.41. The number of carbonyl (C=O) groups is 1. The summed E-state index contributed by atoms with van der Waals surface area (Å²) < 4.78 is 5.89. The van der Waals surface area contributed by atoms with Crippen LogP contribution in [0, 0.1) is 6.92 Å². The molecule has 0 radical (unpaired) electrons. The van der Waals surface area contributed by atoms with Crippen molar-refractivity contribution in [3.63, 3.8) is 0 Å². The topological polar surface area (TPSA) is 42.4 Å². The van der Waals surface area contributed by atoms with Gasteiger partial charge in [-0.3, -0.25) is 9.78 Å². The zero-order valence-corrected chi connectivity index (χ0v) is 19.9. The first kappa shape index (κ1) is 21.8. The minimum Gasteiger partial charge on any atom is -0.493 e. The number of amides is 1. The molecular weight excluding hydrogens is 476 g/mol. The zero-order chi connectivity index (χ0) is 22.0. The normalized spacial score (nSPS) is 18.1. The highest BCUT2D eigenvalue weighted by Crippen LogP contribution is 2.44. The monoisotopic (exact) mass is 498 g/mol. The van der Waals surface area contributed by atoms with Gasteiger partial charge in [0.15, 0.2) is 0 Å². The molecule has 1 saturated heterocycles. The maximum Gasteiger partial charge on any atom is 0.243 e. The summed E-state index contributed by atoms with van der Waals surface area (Å²) in [6, 6.07) is 17.7. The van der Waals surface area contributed by atoms with Gasteiger partial charge in [0.25, 0.3) is 0 Å². The van der Waals surface area contributed by atoms with Crippen molar-refractivity contribution in [3.05, 3.63) is 88.2 Å². The van der Waals surface area contributed by atoms with Crippen LogP contribution in [0.1, 0.15) is 35.3 Å². The lowest BCUT2D eigenvalue weighted by Gasteiger charge is -2.45. The molecular formula is C25H24BrClN2O2. The molecule has 6 heteroatoms. The Kier molecular flexibility index (Phi) is 6.63. The molecule has 2 atom stereocenters. The summed E-state index contributed by atoms with van der Waals surface area (Å²) in [5.41, 5.74) is 5.10. The van der Waals surface area contributed by atoms with Crippen molar-refractivity contribution in [1.82, 2.24) is 4.98 Å². The predicted molar refractivity (Wildman–Crippen MR) is 128 cm³/mol. The fourth-order valence-corrected chi connectivity index (χ4v) is 4.58. The number of alkyl halides is 1. The fraction of sp³-hybridized carbons (Fsp3) is 0.280. The summed E-state index contributed by atoms with van der Waals surface area (Å²) in [6.07, 6.45) is 3.67. The Hall–Kier alpha value is -2.37.